The highest BCUT2D eigenvalue weighted by molar-refractivity contribution is 6.30. The second-order valence-electron chi connectivity index (χ2n) is 7.96. The van der Waals surface area contributed by atoms with E-state index in [1.165, 1.54) is 24.4 Å². The van der Waals surface area contributed by atoms with Crippen LogP contribution >= 0.6 is 11.6 Å². The summed E-state index contributed by atoms with van der Waals surface area (Å²) in [7, 11) is 0. The summed E-state index contributed by atoms with van der Waals surface area (Å²) in [5.74, 6) is 0.0681. The van der Waals surface area contributed by atoms with Gasteiger partial charge in [0.1, 0.15) is 35.8 Å². The Morgan fingerprint density at radius 1 is 1.42 bits per heavy atom. The molecule has 174 valence electrons. The molecule has 0 radical (unpaired) electrons. The van der Waals surface area contributed by atoms with Gasteiger partial charge in [0.15, 0.2) is 0 Å². The summed E-state index contributed by atoms with van der Waals surface area (Å²) in [6.45, 7) is 2.37. The van der Waals surface area contributed by atoms with Crippen LogP contribution in [-0.2, 0) is 17.9 Å². The van der Waals surface area contributed by atoms with Gasteiger partial charge in [0.25, 0.3) is 5.56 Å². The minimum absolute atomic E-state index is 0.0545. The Hall–Kier alpha value is -2.92. The van der Waals surface area contributed by atoms with E-state index in [0.29, 0.717) is 28.9 Å². The lowest BCUT2D eigenvalue weighted by Crippen LogP contribution is -2.42. The van der Waals surface area contributed by atoms with Crippen molar-refractivity contribution in [2.75, 3.05) is 19.6 Å². The van der Waals surface area contributed by atoms with Crippen molar-refractivity contribution in [3.8, 4) is 5.75 Å². The van der Waals surface area contributed by atoms with Crippen molar-refractivity contribution < 1.29 is 13.9 Å². The molecule has 0 aliphatic carbocycles. The molecule has 33 heavy (non-hydrogen) atoms. The first kappa shape index (κ1) is 23.2. The molecule has 4 N–H and O–H groups in total. The summed E-state index contributed by atoms with van der Waals surface area (Å²) in [6, 6.07) is 5.29. The van der Waals surface area contributed by atoms with Crippen molar-refractivity contribution >= 4 is 28.8 Å². The molecule has 1 aliphatic heterocycles. The molecule has 9 nitrogen and oxygen atoms in total. The summed E-state index contributed by atoms with van der Waals surface area (Å²) < 4.78 is 18.9. The van der Waals surface area contributed by atoms with Crippen LogP contribution in [0.2, 0.25) is 5.02 Å². The molecule has 1 aliphatic rings. The van der Waals surface area contributed by atoms with E-state index in [-0.39, 0.29) is 35.6 Å². The fraction of sp³-hybridized carbons (Fsp3) is 0.364. The highest BCUT2D eigenvalue weighted by atomic mass is 35.5. The molecule has 1 fully saturated rings. The summed E-state index contributed by atoms with van der Waals surface area (Å²) in [6.07, 6.45) is 3.31. The molecule has 11 heteroatoms. The highest BCUT2D eigenvalue weighted by Crippen LogP contribution is 2.21. The Labute approximate surface area is 194 Å². The number of aromatic nitrogens is 3. The number of fused-ring (bicyclic) bond motifs is 1. The Kier molecular flexibility index (Phi) is 7.29. The molecule has 1 saturated heterocycles. The minimum Gasteiger partial charge on any atom is -0.486 e. The van der Waals surface area contributed by atoms with Crippen LogP contribution in [0.25, 0.3) is 10.9 Å². The first-order valence-corrected chi connectivity index (χ1v) is 10.9. The van der Waals surface area contributed by atoms with E-state index in [0.717, 1.165) is 25.8 Å². The van der Waals surface area contributed by atoms with Crippen LogP contribution in [0.4, 0.5) is 4.39 Å². The zero-order chi connectivity index (χ0) is 23.4. The topological polar surface area (TPSA) is 126 Å². The second-order valence-corrected chi connectivity index (χ2v) is 8.37. The van der Waals surface area contributed by atoms with Crippen LogP contribution in [0.5, 0.6) is 5.75 Å². The van der Waals surface area contributed by atoms with Gasteiger partial charge in [-0.25, -0.2) is 9.37 Å². The third kappa shape index (κ3) is 5.72. The van der Waals surface area contributed by atoms with Gasteiger partial charge in [-0.2, -0.15) is 0 Å². The molecule has 3 heterocycles. The van der Waals surface area contributed by atoms with Gasteiger partial charge in [0, 0.05) is 37.9 Å². The Balaban J connectivity index is 1.48. The molecule has 3 aromatic rings. The Morgan fingerprint density at radius 2 is 2.27 bits per heavy atom. The fourth-order valence-electron chi connectivity index (χ4n) is 3.77. The first-order valence-electron chi connectivity index (χ1n) is 10.5. The van der Waals surface area contributed by atoms with E-state index in [9.17, 15) is 14.0 Å². The summed E-state index contributed by atoms with van der Waals surface area (Å²) >= 11 is 5.77. The molecule has 0 spiro atoms. The number of hydrogen-bond acceptors (Lipinski definition) is 8. The van der Waals surface area contributed by atoms with Crippen LogP contribution in [-0.4, -0.2) is 57.9 Å². The highest BCUT2D eigenvalue weighted by Gasteiger charge is 2.22. The van der Waals surface area contributed by atoms with Gasteiger partial charge in [-0.05, 0) is 31.2 Å². The number of hydrogen-bond donors (Lipinski definition) is 3. The lowest BCUT2D eigenvalue weighted by atomic mass is 10.2. The number of benzene rings is 1. The predicted molar refractivity (Wildman–Crippen MR) is 122 cm³/mol. The number of rotatable bonds is 9. The van der Waals surface area contributed by atoms with Gasteiger partial charge in [0.05, 0.1) is 22.1 Å². The lowest BCUT2D eigenvalue weighted by molar-refractivity contribution is -0.110. The molecule has 2 aromatic heterocycles. The summed E-state index contributed by atoms with van der Waals surface area (Å²) in [5, 5.41) is 3.50. The number of ether oxygens (including phenoxy) is 1. The van der Waals surface area contributed by atoms with E-state index < -0.39 is 11.9 Å². The number of nitrogens with two attached hydrogens (primary N) is 1. The second kappa shape index (κ2) is 10.3. The monoisotopic (exact) mass is 474 g/mol. The average molecular weight is 475 g/mol. The number of aromatic amines is 1. The molecule has 0 bridgehead atoms. The summed E-state index contributed by atoms with van der Waals surface area (Å²) in [4.78, 5) is 37.8. The Morgan fingerprint density at radius 3 is 3.00 bits per heavy atom. The Bertz CT molecular complexity index is 1210. The van der Waals surface area contributed by atoms with Crippen LogP contribution in [0.15, 0.2) is 35.3 Å². The molecule has 0 saturated carbocycles. The molecular formula is C22H24ClFN6O3. The third-order valence-corrected chi connectivity index (χ3v) is 5.77. The standard InChI is InChI=1S/C22H24ClFN6O3/c23-17-7-15(1-2-18(17)24)33-12-20-28-21-16(22(32)29-20)3-5-26-19(21)8-27-14(11-31)10-30-6-4-13(25)9-30/h1-3,5,7,11,13-14,27H,4,6,8-10,12,25H2,(H,28,29,32)/t13-,14?/m1/s1. The van der Waals surface area contributed by atoms with Crippen molar-refractivity contribution in [3.63, 3.8) is 0 Å². The van der Waals surface area contributed by atoms with Crippen molar-refractivity contribution in [2.45, 2.75) is 31.7 Å². The normalized spacial score (nSPS) is 17.4. The van der Waals surface area contributed by atoms with Crippen molar-refractivity contribution in [2.24, 2.45) is 5.73 Å². The SMILES string of the molecule is N[C@@H]1CCN(CC(C=O)NCc2nccc3c(=O)[nH]c(COc4ccc(F)c(Cl)c4)nc23)C1. The number of nitrogens with zero attached hydrogens (tertiary/aromatic N) is 3. The number of carbonyl (C=O) groups excluding carboxylic acids is 1. The van der Waals surface area contributed by atoms with Crippen LogP contribution < -0.4 is 21.3 Å². The lowest BCUT2D eigenvalue weighted by Gasteiger charge is -2.20. The van der Waals surface area contributed by atoms with Gasteiger partial charge in [-0.3, -0.25) is 14.7 Å². The number of aldehydes is 1. The van der Waals surface area contributed by atoms with E-state index in [1.54, 1.807) is 6.07 Å². The molecule has 1 aromatic carbocycles. The maximum absolute atomic E-state index is 13.3. The smallest absolute Gasteiger partial charge is 0.258 e. The largest absolute Gasteiger partial charge is 0.486 e. The molecule has 0 amide bonds. The van der Waals surface area contributed by atoms with Gasteiger partial charge in [-0.15, -0.1) is 0 Å². The average Bonchev–Trinajstić information content (AvgIpc) is 3.22. The van der Waals surface area contributed by atoms with Gasteiger partial charge < -0.3 is 25.6 Å². The van der Waals surface area contributed by atoms with E-state index in [4.69, 9.17) is 22.1 Å². The maximum atomic E-state index is 13.3. The molecule has 1 unspecified atom stereocenters. The number of likely N-dealkylation sites (tertiary alicyclic amines) is 1. The fourth-order valence-corrected chi connectivity index (χ4v) is 3.94. The van der Waals surface area contributed by atoms with Crippen LogP contribution in [0.1, 0.15) is 17.9 Å². The first-order chi connectivity index (χ1) is 15.9. The zero-order valence-electron chi connectivity index (χ0n) is 17.8. The predicted octanol–water partition coefficient (Wildman–Crippen LogP) is 1.38. The number of H-pyrrole nitrogens is 1. The number of halogens is 2. The van der Waals surface area contributed by atoms with E-state index >= 15 is 0 Å². The number of carbonyl (C=O) groups is 1. The molecular weight excluding hydrogens is 451 g/mol. The van der Waals surface area contributed by atoms with Crippen LogP contribution in [0, 0.1) is 5.82 Å². The van der Waals surface area contributed by atoms with Crippen molar-refractivity contribution in [1.82, 2.24) is 25.2 Å². The van der Waals surface area contributed by atoms with E-state index in [2.05, 4.69) is 25.2 Å². The maximum Gasteiger partial charge on any atom is 0.258 e. The minimum atomic E-state index is -0.550. The van der Waals surface area contributed by atoms with Crippen molar-refractivity contribution in [1.29, 1.82) is 0 Å². The van der Waals surface area contributed by atoms with E-state index in [1.807, 2.05) is 0 Å². The third-order valence-electron chi connectivity index (χ3n) is 5.48. The summed E-state index contributed by atoms with van der Waals surface area (Å²) in [5.41, 5.74) is 6.55. The van der Waals surface area contributed by atoms with Gasteiger partial charge in [-0.1, -0.05) is 11.6 Å². The zero-order valence-corrected chi connectivity index (χ0v) is 18.5. The van der Waals surface area contributed by atoms with Crippen LogP contribution in [0.3, 0.4) is 0 Å². The van der Waals surface area contributed by atoms with Crippen molar-refractivity contribution in [3.05, 3.63) is 63.2 Å². The van der Waals surface area contributed by atoms with Gasteiger partial charge >= 0.3 is 0 Å². The number of pyridine rings is 1. The number of nitrogens with one attached hydrogen (secondary N) is 2. The quantitative estimate of drug-likeness (QED) is 0.397. The van der Waals surface area contributed by atoms with Gasteiger partial charge in [0.2, 0.25) is 0 Å². The molecule has 4 rings (SSSR count). The molecule has 2 atom stereocenters.